The Bertz CT molecular complexity index is 725. The lowest BCUT2D eigenvalue weighted by Gasteiger charge is -2.19. The molecule has 0 saturated heterocycles. The monoisotopic (exact) mass is 305 g/mol. The first-order valence-corrected chi connectivity index (χ1v) is 7.08. The van der Waals surface area contributed by atoms with E-state index < -0.39 is 17.9 Å². The Morgan fingerprint density at radius 1 is 1.36 bits per heavy atom. The van der Waals surface area contributed by atoms with Crippen LogP contribution in [-0.2, 0) is 4.79 Å². The van der Waals surface area contributed by atoms with Crippen molar-refractivity contribution >= 4 is 17.7 Å². The van der Waals surface area contributed by atoms with Gasteiger partial charge in [0.1, 0.15) is 6.04 Å². The Balaban J connectivity index is 2.29. The molecule has 2 aromatic heterocycles. The maximum absolute atomic E-state index is 12.2. The topological polar surface area (TPSA) is 109 Å². The molecule has 0 aliphatic rings. The fourth-order valence-electron chi connectivity index (χ4n) is 2.15. The van der Waals surface area contributed by atoms with Crippen molar-refractivity contribution in [3.63, 3.8) is 0 Å². The van der Waals surface area contributed by atoms with Crippen molar-refractivity contribution in [3.05, 3.63) is 23.3 Å². The molecule has 0 bridgehead atoms. The number of nitrogens with one attached hydrogen (secondary N) is 1. The predicted octanol–water partition coefficient (Wildman–Crippen LogP) is 0.970. The number of carboxylic acid groups (broad SMARTS) is 1. The number of aryl methyl sites for hydroxylation is 2. The van der Waals surface area contributed by atoms with Gasteiger partial charge in [0, 0.05) is 11.4 Å². The van der Waals surface area contributed by atoms with Crippen molar-refractivity contribution in [2.75, 3.05) is 0 Å². The van der Waals surface area contributed by atoms with Gasteiger partial charge >= 0.3 is 5.97 Å². The molecule has 0 radical (unpaired) electrons. The number of amides is 1. The van der Waals surface area contributed by atoms with Crippen LogP contribution in [0, 0.1) is 19.8 Å². The highest BCUT2D eigenvalue weighted by atomic mass is 16.4. The summed E-state index contributed by atoms with van der Waals surface area (Å²) in [6.07, 6.45) is 0.635. The molecule has 2 atom stereocenters. The molecule has 2 unspecified atom stereocenters. The van der Waals surface area contributed by atoms with E-state index in [9.17, 15) is 14.7 Å². The van der Waals surface area contributed by atoms with Crippen LogP contribution in [0.4, 0.5) is 0 Å². The second-order valence-electron chi connectivity index (χ2n) is 5.36. The number of nitrogens with zero attached hydrogens (tertiary/aromatic N) is 4. The van der Waals surface area contributed by atoms with E-state index >= 15 is 0 Å². The fraction of sp³-hybridized carbons (Fsp3) is 0.500. The Labute approximate surface area is 127 Å². The average molecular weight is 305 g/mol. The first-order chi connectivity index (χ1) is 10.3. The molecule has 118 valence electrons. The molecule has 8 heteroatoms. The van der Waals surface area contributed by atoms with Crippen LogP contribution >= 0.6 is 0 Å². The fourth-order valence-corrected chi connectivity index (χ4v) is 2.15. The lowest BCUT2D eigenvalue weighted by Crippen LogP contribution is -2.45. The molecule has 0 spiro atoms. The van der Waals surface area contributed by atoms with Crippen molar-refractivity contribution in [3.8, 4) is 0 Å². The van der Waals surface area contributed by atoms with Gasteiger partial charge in [0.15, 0.2) is 0 Å². The number of aliphatic carboxylic acids is 1. The zero-order valence-electron chi connectivity index (χ0n) is 13.0. The maximum Gasteiger partial charge on any atom is 0.326 e. The summed E-state index contributed by atoms with van der Waals surface area (Å²) in [6.45, 7) is 7.29. The highest BCUT2D eigenvalue weighted by Crippen LogP contribution is 2.10. The number of aromatic nitrogens is 4. The van der Waals surface area contributed by atoms with Crippen LogP contribution in [0.25, 0.3) is 5.78 Å². The van der Waals surface area contributed by atoms with Crippen LogP contribution in [0.15, 0.2) is 6.07 Å². The summed E-state index contributed by atoms with van der Waals surface area (Å²) in [5, 5.41) is 15.8. The highest BCUT2D eigenvalue weighted by Gasteiger charge is 2.27. The van der Waals surface area contributed by atoms with Gasteiger partial charge in [-0.15, -0.1) is 5.10 Å². The summed E-state index contributed by atoms with van der Waals surface area (Å²) in [4.78, 5) is 31.7. The molecule has 0 aliphatic heterocycles. The zero-order valence-corrected chi connectivity index (χ0v) is 13.0. The number of fused-ring (bicyclic) bond motifs is 1. The van der Waals surface area contributed by atoms with Crippen LogP contribution in [0.2, 0.25) is 0 Å². The second kappa shape index (κ2) is 6.08. The van der Waals surface area contributed by atoms with E-state index in [0.29, 0.717) is 12.2 Å². The summed E-state index contributed by atoms with van der Waals surface area (Å²) in [5.74, 6) is -1.65. The van der Waals surface area contributed by atoms with E-state index in [0.717, 1.165) is 11.4 Å². The molecule has 0 aromatic carbocycles. The minimum absolute atomic E-state index is 0.0873. The smallest absolute Gasteiger partial charge is 0.326 e. The zero-order chi connectivity index (χ0) is 16.4. The minimum atomic E-state index is -1.07. The molecule has 0 saturated carbocycles. The van der Waals surface area contributed by atoms with Crippen LogP contribution in [0.3, 0.4) is 0 Å². The van der Waals surface area contributed by atoms with Gasteiger partial charge in [0.2, 0.25) is 5.82 Å². The maximum atomic E-state index is 12.2. The summed E-state index contributed by atoms with van der Waals surface area (Å²) >= 11 is 0. The van der Waals surface area contributed by atoms with Crippen LogP contribution < -0.4 is 5.32 Å². The Hall–Kier alpha value is -2.51. The quantitative estimate of drug-likeness (QED) is 0.852. The molecular formula is C14H19N5O3. The second-order valence-corrected chi connectivity index (χ2v) is 5.36. The Kier molecular flexibility index (Phi) is 4.39. The van der Waals surface area contributed by atoms with E-state index in [1.807, 2.05) is 26.8 Å². The van der Waals surface area contributed by atoms with Crippen molar-refractivity contribution in [2.24, 2.45) is 5.92 Å². The number of hydrogen-bond acceptors (Lipinski definition) is 5. The van der Waals surface area contributed by atoms with Crippen LogP contribution in [0.5, 0.6) is 0 Å². The van der Waals surface area contributed by atoms with Gasteiger partial charge in [-0.2, -0.15) is 4.98 Å². The van der Waals surface area contributed by atoms with Crippen molar-refractivity contribution in [1.82, 2.24) is 24.9 Å². The molecule has 0 fully saturated rings. The third-order valence-corrected chi connectivity index (χ3v) is 3.59. The summed E-state index contributed by atoms with van der Waals surface area (Å²) in [5.41, 5.74) is 1.57. The molecule has 22 heavy (non-hydrogen) atoms. The summed E-state index contributed by atoms with van der Waals surface area (Å²) in [7, 11) is 0. The van der Waals surface area contributed by atoms with Crippen molar-refractivity contribution < 1.29 is 14.7 Å². The number of rotatable bonds is 5. The van der Waals surface area contributed by atoms with E-state index in [1.54, 1.807) is 6.92 Å². The van der Waals surface area contributed by atoms with Gasteiger partial charge in [-0.25, -0.2) is 14.3 Å². The van der Waals surface area contributed by atoms with Crippen LogP contribution in [0.1, 0.15) is 42.3 Å². The molecule has 2 aromatic rings. The number of carbonyl (C=O) groups excluding carboxylic acids is 1. The highest BCUT2D eigenvalue weighted by molar-refractivity contribution is 5.93. The third kappa shape index (κ3) is 3.05. The van der Waals surface area contributed by atoms with Gasteiger partial charge in [-0.05, 0) is 25.8 Å². The molecule has 2 heterocycles. The van der Waals surface area contributed by atoms with Crippen molar-refractivity contribution in [1.29, 1.82) is 0 Å². The summed E-state index contributed by atoms with van der Waals surface area (Å²) in [6, 6.07) is 0.850. The van der Waals surface area contributed by atoms with Gasteiger partial charge < -0.3 is 10.4 Å². The molecule has 8 nitrogen and oxygen atoms in total. The minimum Gasteiger partial charge on any atom is -0.480 e. The average Bonchev–Trinajstić information content (AvgIpc) is 2.87. The normalized spacial score (nSPS) is 13.8. The molecule has 2 N–H and O–H groups in total. The van der Waals surface area contributed by atoms with Gasteiger partial charge in [0.25, 0.3) is 11.7 Å². The number of hydrogen-bond donors (Lipinski definition) is 2. The van der Waals surface area contributed by atoms with Gasteiger partial charge in [-0.3, -0.25) is 4.79 Å². The van der Waals surface area contributed by atoms with E-state index in [2.05, 4.69) is 20.4 Å². The standard InChI is InChI=1S/C14H19N5O3/c1-5-7(2)10(13(21)22)16-12(20)11-17-14-15-8(3)6-9(4)19(14)18-11/h6-7,10H,5H2,1-4H3,(H,16,20)(H,21,22). The third-order valence-electron chi connectivity index (χ3n) is 3.59. The lowest BCUT2D eigenvalue weighted by atomic mass is 9.99. The molecule has 0 aliphatic carbocycles. The predicted molar refractivity (Wildman–Crippen MR) is 78.6 cm³/mol. The largest absolute Gasteiger partial charge is 0.480 e. The number of carboxylic acids is 1. The van der Waals surface area contributed by atoms with Gasteiger partial charge in [-0.1, -0.05) is 20.3 Å². The lowest BCUT2D eigenvalue weighted by molar-refractivity contribution is -0.140. The first kappa shape index (κ1) is 15.9. The van der Waals surface area contributed by atoms with E-state index in [4.69, 9.17) is 0 Å². The molecule has 1 amide bonds. The Morgan fingerprint density at radius 2 is 2.05 bits per heavy atom. The number of carbonyl (C=O) groups is 2. The SMILES string of the molecule is CCC(C)C(NC(=O)c1nc2nc(C)cc(C)n2n1)C(=O)O. The van der Waals surface area contributed by atoms with Crippen LogP contribution in [-0.4, -0.2) is 42.6 Å². The first-order valence-electron chi connectivity index (χ1n) is 7.08. The molecular weight excluding hydrogens is 286 g/mol. The Morgan fingerprint density at radius 3 is 2.64 bits per heavy atom. The van der Waals surface area contributed by atoms with E-state index in [1.165, 1.54) is 4.52 Å². The van der Waals surface area contributed by atoms with E-state index in [-0.39, 0.29) is 11.7 Å². The molecule has 2 rings (SSSR count). The van der Waals surface area contributed by atoms with Gasteiger partial charge in [0.05, 0.1) is 0 Å². The summed E-state index contributed by atoms with van der Waals surface area (Å²) < 4.78 is 1.46. The van der Waals surface area contributed by atoms with Crippen molar-refractivity contribution in [2.45, 2.75) is 40.2 Å².